The molecule has 0 aliphatic heterocycles. The number of unbranched alkanes of at least 4 members (excludes halogenated alkanes) is 2. The molecule has 3 aromatic rings. The van der Waals surface area contributed by atoms with Crippen molar-refractivity contribution >= 4 is 22.3 Å². The number of anilines is 1. The van der Waals surface area contributed by atoms with Crippen molar-refractivity contribution in [2.24, 2.45) is 0 Å². The van der Waals surface area contributed by atoms with Crippen LogP contribution >= 0.6 is 0 Å². The lowest BCUT2D eigenvalue weighted by Gasteiger charge is -2.12. The lowest BCUT2D eigenvalue weighted by Crippen LogP contribution is -2.06. The summed E-state index contributed by atoms with van der Waals surface area (Å²) < 4.78 is 0. The molecule has 0 fully saturated rings. The van der Waals surface area contributed by atoms with E-state index in [-0.39, 0.29) is 5.69 Å². The van der Waals surface area contributed by atoms with E-state index in [1.807, 2.05) is 54.6 Å². The second-order valence-electron chi connectivity index (χ2n) is 6.50. The summed E-state index contributed by atoms with van der Waals surface area (Å²) in [6.45, 7) is 0.635. The fourth-order valence-corrected chi connectivity index (χ4v) is 3.15. The number of nitro groups is 1. The molecule has 1 aromatic heterocycles. The van der Waals surface area contributed by atoms with Crippen molar-refractivity contribution in [1.29, 1.82) is 0 Å². The Morgan fingerprint density at radius 1 is 1.04 bits per heavy atom. The largest absolute Gasteiger partial charge is 0.388 e. The van der Waals surface area contributed by atoms with E-state index in [1.165, 1.54) is 6.20 Å². The second kappa shape index (κ2) is 9.09. The fourth-order valence-electron chi connectivity index (χ4n) is 3.15. The summed E-state index contributed by atoms with van der Waals surface area (Å²) in [5.74, 6) is 0. The molecule has 1 unspecified atom stereocenters. The third-order valence-corrected chi connectivity index (χ3v) is 4.59. The van der Waals surface area contributed by atoms with E-state index in [0.29, 0.717) is 18.7 Å². The molecule has 0 spiro atoms. The van der Waals surface area contributed by atoms with Gasteiger partial charge in [-0.15, -0.1) is 0 Å². The summed E-state index contributed by atoms with van der Waals surface area (Å²) in [5, 5.41) is 25.5. The molecule has 1 heterocycles. The van der Waals surface area contributed by atoms with Gasteiger partial charge in [0.25, 0.3) is 0 Å². The van der Waals surface area contributed by atoms with Crippen molar-refractivity contribution < 1.29 is 10.0 Å². The maximum atomic E-state index is 11.3. The number of fused-ring (bicyclic) bond motifs is 1. The normalized spacial score (nSPS) is 12.0. The number of rotatable bonds is 9. The number of para-hydroxylation sites is 1. The molecular formula is C21H23N3O3. The topological polar surface area (TPSA) is 88.3 Å². The Hall–Kier alpha value is -2.99. The molecule has 0 aliphatic rings. The molecular weight excluding hydrogens is 342 g/mol. The van der Waals surface area contributed by atoms with E-state index in [2.05, 4.69) is 10.3 Å². The summed E-state index contributed by atoms with van der Waals surface area (Å²) in [6.07, 6.45) is 4.28. The van der Waals surface area contributed by atoms with Gasteiger partial charge in [-0.25, -0.2) is 4.98 Å². The van der Waals surface area contributed by atoms with Gasteiger partial charge in [0.1, 0.15) is 11.9 Å². The highest BCUT2D eigenvalue weighted by Gasteiger charge is 2.17. The molecule has 6 nitrogen and oxygen atoms in total. The number of aliphatic hydroxyl groups is 1. The van der Waals surface area contributed by atoms with Gasteiger partial charge in [0.05, 0.1) is 16.5 Å². The Kier molecular flexibility index (Phi) is 6.33. The zero-order chi connectivity index (χ0) is 19.1. The van der Waals surface area contributed by atoms with Crippen molar-refractivity contribution in [2.75, 3.05) is 11.9 Å². The maximum absolute atomic E-state index is 11.3. The summed E-state index contributed by atoms with van der Waals surface area (Å²) in [7, 11) is 0. The highest BCUT2D eigenvalue weighted by atomic mass is 16.6. The third-order valence-electron chi connectivity index (χ3n) is 4.59. The average molecular weight is 365 g/mol. The first kappa shape index (κ1) is 18.8. The van der Waals surface area contributed by atoms with Gasteiger partial charge in [-0.3, -0.25) is 10.1 Å². The van der Waals surface area contributed by atoms with Crippen LogP contribution in [0.1, 0.15) is 37.4 Å². The Morgan fingerprint density at radius 3 is 2.56 bits per heavy atom. The quantitative estimate of drug-likeness (QED) is 0.321. The first-order chi connectivity index (χ1) is 13.2. The summed E-state index contributed by atoms with van der Waals surface area (Å²) in [5.41, 5.74) is 2.19. The Balaban J connectivity index is 1.52. The van der Waals surface area contributed by atoms with Crippen LogP contribution in [0.25, 0.3) is 10.9 Å². The SMILES string of the molecule is O=[N+]([O-])c1cnc2ccccc2c1NCCCCCC(O)c1ccccc1. The van der Waals surface area contributed by atoms with E-state index in [0.717, 1.165) is 35.7 Å². The van der Waals surface area contributed by atoms with Gasteiger partial charge in [0.15, 0.2) is 0 Å². The van der Waals surface area contributed by atoms with Gasteiger partial charge in [-0.2, -0.15) is 0 Å². The van der Waals surface area contributed by atoms with Gasteiger partial charge >= 0.3 is 5.69 Å². The highest BCUT2D eigenvalue weighted by Crippen LogP contribution is 2.31. The smallest absolute Gasteiger partial charge is 0.311 e. The Morgan fingerprint density at radius 2 is 1.78 bits per heavy atom. The first-order valence-electron chi connectivity index (χ1n) is 9.16. The second-order valence-corrected chi connectivity index (χ2v) is 6.50. The van der Waals surface area contributed by atoms with Crippen LogP contribution in [-0.2, 0) is 0 Å². The minimum Gasteiger partial charge on any atom is -0.388 e. The Bertz CT molecular complexity index is 900. The molecule has 0 saturated heterocycles. The predicted octanol–water partition coefficient (Wildman–Crippen LogP) is 4.85. The monoisotopic (exact) mass is 365 g/mol. The molecule has 0 amide bonds. The van der Waals surface area contributed by atoms with E-state index in [4.69, 9.17) is 0 Å². The van der Waals surface area contributed by atoms with E-state index in [9.17, 15) is 15.2 Å². The molecule has 2 aromatic carbocycles. The molecule has 6 heteroatoms. The minimum atomic E-state index is -0.440. The van der Waals surface area contributed by atoms with E-state index >= 15 is 0 Å². The van der Waals surface area contributed by atoms with Crippen LogP contribution < -0.4 is 5.32 Å². The standard InChI is InChI=1S/C21H23N3O3/c25-20(16-9-3-1-4-10-16)13-5-2-8-14-22-21-17-11-6-7-12-18(17)23-15-19(21)24(26)27/h1,3-4,6-7,9-12,15,20,25H,2,5,8,13-14H2,(H,22,23). The van der Waals surface area contributed by atoms with Crippen molar-refractivity contribution in [1.82, 2.24) is 4.98 Å². The van der Waals surface area contributed by atoms with Crippen LogP contribution in [0.15, 0.2) is 60.8 Å². The van der Waals surface area contributed by atoms with Gasteiger partial charge in [-0.1, -0.05) is 61.4 Å². The lowest BCUT2D eigenvalue weighted by atomic mass is 10.0. The van der Waals surface area contributed by atoms with E-state index in [1.54, 1.807) is 0 Å². The van der Waals surface area contributed by atoms with Crippen LogP contribution in [0.5, 0.6) is 0 Å². The summed E-state index contributed by atoms with van der Waals surface area (Å²) in [4.78, 5) is 15.1. The van der Waals surface area contributed by atoms with Crippen LogP contribution in [0, 0.1) is 10.1 Å². The van der Waals surface area contributed by atoms with Crippen LogP contribution in [0.3, 0.4) is 0 Å². The molecule has 0 aliphatic carbocycles. The summed E-state index contributed by atoms with van der Waals surface area (Å²) >= 11 is 0. The number of hydrogen-bond acceptors (Lipinski definition) is 5. The number of aromatic nitrogens is 1. The number of aliphatic hydroxyl groups excluding tert-OH is 1. The van der Waals surface area contributed by atoms with Gasteiger partial charge in [0.2, 0.25) is 0 Å². The van der Waals surface area contributed by atoms with Crippen molar-refractivity contribution in [3.8, 4) is 0 Å². The van der Waals surface area contributed by atoms with Crippen LogP contribution in [-0.4, -0.2) is 21.6 Å². The summed E-state index contributed by atoms with van der Waals surface area (Å²) in [6, 6.07) is 17.0. The number of nitrogens with zero attached hydrogens (tertiary/aromatic N) is 2. The van der Waals surface area contributed by atoms with Crippen molar-refractivity contribution in [2.45, 2.75) is 31.8 Å². The van der Waals surface area contributed by atoms with Gasteiger partial charge in [-0.05, 0) is 24.5 Å². The van der Waals surface area contributed by atoms with Crippen molar-refractivity contribution in [3.63, 3.8) is 0 Å². The molecule has 140 valence electrons. The molecule has 0 radical (unpaired) electrons. The molecule has 27 heavy (non-hydrogen) atoms. The molecule has 3 rings (SSSR count). The highest BCUT2D eigenvalue weighted by molar-refractivity contribution is 5.95. The van der Waals surface area contributed by atoms with E-state index < -0.39 is 11.0 Å². The first-order valence-corrected chi connectivity index (χ1v) is 9.16. The van der Waals surface area contributed by atoms with Crippen LogP contribution in [0.4, 0.5) is 11.4 Å². The lowest BCUT2D eigenvalue weighted by molar-refractivity contribution is -0.384. The fraction of sp³-hybridized carbons (Fsp3) is 0.286. The Labute approximate surface area is 158 Å². The number of pyridine rings is 1. The van der Waals surface area contributed by atoms with Gasteiger partial charge in [0, 0.05) is 11.9 Å². The zero-order valence-corrected chi connectivity index (χ0v) is 15.0. The maximum Gasteiger partial charge on any atom is 0.311 e. The van der Waals surface area contributed by atoms with Crippen LogP contribution in [0.2, 0.25) is 0 Å². The third kappa shape index (κ3) is 4.80. The molecule has 0 saturated carbocycles. The molecule has 1 atom stereocenters. The van der Waals surface area contributed by atoms with Crippen molar-refractivity contribution in [3.05, 3.63) is 76.5 Å². The number of hydrogen-bond donors (Lipinski definition) is 2. The average Bonchev–Trinajstić information content (AvgIpc) is 2.70. The predicted molar refractivity (Wildman–Crippen MR) is 107 cm³/mol. The zero-order valence-electron chi connectivity index (χ0n) is 15.0. The number of nitrogens with one attached hydrogen (secondary N) is 1. The molecule has 0 bridgehead atoms. The minimum absolute atomic E-state index is 0.00630. The number of benzene rings is 2. The van der Waals surface area contributed by atoms with Gasteiger partial charge < -0.3 is 10.4 Å². The molecule has 2 N–H and O–H groups in total.